The number of rotatable bonds is 5. The number of carbonyl (C=O) groups is 1. The number of aromatic nitrogens is 1. The lowest BCUT2D eigenvalue weighted by Gasteiger charge is -2.04. The normalized spacial score (nSPS) is 9.93. The van der Waals surface area contributed by atoms with E-state index in [1.807, 2.05) is 0 Å². The number of amides is 1. The summed E-state index contributed by atoms with van der Waals surface area (Å²) in [6.45, 7) is 1.12. The molecule has 0 atom stereocenters. The molecule has 0 unspecified atom stereocenters. The molecule has 0 aromatic carbocycles. The van der Waals surface area contributed by atoms with Crippen LogP contribution in [0.1, 0.15) is 5.56 Å². The predicted molar refractivity (Wildman–Crippen MR) is 51.4 cm³/mol. The third-order valence-corrected chi connectivity index (χ3v) is 1.61. The van der Waals surface area contributed by atoms with Crippen molar-refractivity contribution in [1.29, 1.82) is 0 Å². The molecule has 15 heavy (non-hydrogen) atoms. The molecule has 0 spiro atoms. The van der Waals surface area contributed by atoms with E-state index < -0.39 is 6.09 Å². The van der Waals surface area contributed by atoms with Gasteiger partial charge in [0.2, 0.25) is 0 Å². The maximum atomic E-state index is 12.7. The first-order valence-corrected chi connectivity index (χ1v) is 4.41. The molecule has 0 radical (unpaired) electrons. The molecule has 5 nitrogen and oxygen atoms in total. The highest BCUT2D eigenvalue weighted by molar-refractivity contribution is 5.64. The van der Waals surface area contributed by atoms with Crippen LogP contribution in [0.5, 0.6) is 0 Å². The van der Waals surface area contributed by atoms with Crippen molar-refractivity contribution < 1.29 is 13.9 Å². The van der Waals surface area contributed by atoms with Gasteiger partial charge in [0.25, 0.3) is 0 Å². The summed E-state index contributed by atoms with van der Waals surface area (Å²) >= 11 is 0. The Bertz CT molecular complexity index is 333. The van der Waals surface area contributed by atoms with Gasteiger partial charge in [-0.05, 0) is 11.6 Å². The van der Waals surface area contributed by atoms with Gasteiger partial charge in [0.1, 0.15) is 12.4 Å². The summed E-state index contributed by atoms with van der Waals surface area (Å²) in [5, 5.41) is 2.94. The van der Waals surface area contributed by atoms with Gasteiger partial charge in [0.15, 0.2) is 0 Å². The largest absolute Gasteiger partial charge is 0.448 e. The monoisotopic (exact) mass is 213 g/mol. The fourth-order valence-electron chi connectivity index (χ4n) is 1.01. The Morgan fingerprint density at radius 2 is 2.40 bits per heavy atom. The molecular weight excluding hydrogens is 201 g/mol. The quantitative estimate of drug-likeness (QED) is 0.694. The highest BCUT2D eigenvalue weighted by atomic mass is 19.1. The van der Waals surface area contributed by atoms with Gasteiger partial charge in [-0.1, -0.05) is 0 Å². The van der Waals surface area contributed by atoms with Crippen LogP contribution in [-0.4, -0.2) is 24.2 Å². The summed E-state index contributed by atoms with van der Waals surface area (Å²) in [4.78, 5) is 13.9. The second-order valence-corrected chi connectivity index (χ2v) is 2.86. The lowest BCUT2D eigenvalue weighted by atomic mass is 10.3. The van der Waals surface area contributed by atoms with Gasteiger partial charge in [-0.25, -0.2) is 9.18 Å². The molecule has 0 aliphatic heterocycles. The second kappa shape index (κ2) is 5.92. The smallest absolute Gasteiger partial charge is 0.404 e. The fourth-order valence-corrected chi connectivity index (χ4v) is 1.01. The zero-order valence-corrected chi connectivity index (χ0v) is 8.07. The molecule has 0 fully saturated rings. The van der Waals surface area contributed by atoms with Crippen molar-refractivity contribution in [2.75, 3.05) is 13.2 Å². The van der Waals surface area contributed by atoms with Crippen molar-refractivity contribution in [2.24, 2.45) is 5.73 Å². The molecule has 0 aliphatic rings. The average Bonchev–Trinajstić information content (AvgIpc) is 2.17. The van der Waals surface area contributed by atoms with E-state index in [0.29, 0.717) is 13.1 Å². The molecule has 1 heterocycles. The number of nitrogens with one attached hydrogen (secondary N) is 1. The number of carbonyl (C=O) groups excluding carboxylic acids is 1. The van der Waals surface area contributed by atoms with Crippen LogP contribution in [0, 0.1) is 5.82 Å². The van der Waals surface area contributed by atoms with E-state index in [9.17, 15) is 9.18 Å². The SMILES string of the molecule is NC(=O)OCCNCc1cncc(F)c1. The maximum Gasteiger partial charge on any atom is 0.404 e. The summed E-state index contributed by atoms with van der Waals surface area (Å²) in [5.74, 6) is -0.373. The number of halogens is 1. The average molecular weight is 213 g/mol. The van der Waals surface area contributed by atoms with Crippen LogP contribution >= 0.6 is 0 Å². The van der Waals surface area contributed by atoms with E-state index in [1.54, 1.807) is 6.20 Å². The zero-order valence-electron chi connectivity index (χ0n) is 8.07. The Kier molecular flexibility index (Phi) is 4.49. The molecule has 0 bridgehead atoms. The van der Waals surface area contributed by atoms with Gasteiger partial charge >= 0.3 is 6.09 Å². The highest BCUT2D eigenvalue weighted by Crippen LogP contribution is 1.99. The van der Waals surface area contributed by atoms with Gasteiger partial charge < -0.3 is 15.8 Å². The first kappa shape index (κ1) is 11.4. The van der Waals surface area contributed by atoms with E-state index >= 15 is 0 Å². The topological polar surface area (TPSA) is 77.2 Å². The summed E-state index contributed by atoms with van der Waals surface area (Å²) in [7, 11) is 0. The molecular formula is C9H12FN3O2. The molecule has 1 amide bonds. The lowest BCUT2D eigenvalue weighted by molar-refractivity contribution is 0.157. The Balaban J connectivity index is 2.17. The van der Waals surface area contributed by atoms with E-state index in [2.05, 4.69) is 15.0 Å². The van der Waals surface area contributed by atoms with E-state index in [4.69, 9.17) is 5.73 Å². The van der Waals surface area contributed by atoms with Gasteiger partial charge in [0, 0.05) is 19.3 Å². The van der Waals surface area contributed by atoms with Gasteiger partial charge in [-0.15, -0.1) is 0 Å². The molecule has 3 N–H and O–H groups in total. The highest BCUT2D eigenvalue weighted by Gasteiger charge is 1.96. The van der Waals surface area contributed by atoms with Crippen LogP contribution in [0.25, 0.3) is 0 Å². The maximum absolute atomic E-state index is 12.7. The Morgan fingerprint density at radius 1 is 1.60 bits per heavy atom. The van der Waals surface area contributed by atoms with Crippen molar-refractivity contribution in [2.45, 2.75) is 6.54 Å². The molecule has 1 rings (SSSR count). The standard InChI is InChI=1S/C9H12FN3O2/c10-8-3-7(5-13-6-8)4-12-1-2-15-9(11)14/h3,5-6,12H,1-2,4H2,(H2,11,14). The first-order valence-electron chi connectivity index (χ1n) is 4.41. The Labute approximate surface area is 86.4 Å². The van der Waals surface area contributed by atoms with Crippen LogP contribution < -0.4 is 11.1 Å². The molecule has 1 aromatic rings. The van der Waals surface area contributed by atoms with E-state index in [1.165, 1.54) is 6.07 Å². The number of hydrogen-bond donors (Lipinski definition) is 2. The van der Waals surface area contributed by atoms with Crippen LogP contribution in [0.2, 0.25) is 0 Å². The summed E-state index contributed by atoms with van der Waals surface area (Å²) < 4.78 is 17.2. The van der Waals surface area contributed by atoms with Gasteiger partial charge in [-0.3, -0.25) is 4.98 Å². The molecule has 1 aromatic heterocycles. The van der Waals surface area contributed by atoms with Crippen molar-refractivity contribution in [3.05, 3.63) is 29.8 Å². The van der Waals surface area contributed by atoms with Crippen molar-refractivity contribution in [1.82, 2.24) is 10.3 Å². The third kappa shape index (κ3) is 4.92. The minimum absolute atomic E-state index is 0.193. The van der Waals surface area contributed by atoms with E-state index in [0.717, 1.165) is 11.8 Å². The summed E-state index contributed by atoms with van der Waals surface area (Å²) in [6, 6.07) is 1.38. The van der Waals surface area contributed by atoms with Crippen LogP contribution in [0.15, 0.2) is 18.5 Å². The second-order valence-electron chi connectivity index (χ2n) is 2.86. The molecule has 6 heteroatoms. The fraction of sp³-hybridized carbons (Fsp3) is 0.333. The first-order chi connectivity index (χ1) is 7.18. The number of nitrogens with zero attached hydrogens (tertiary/aromatic N) is 1. The van der Waals surface area contributed by atoms with Crippen molar-refractivity contribution >= 4 is 6.09 Å². The van der Waals surface area contributed by atoms with Crippen LogP contribution in [0.3, 0.4) is 0 Å². The van der Waals surface area contributed by atoms with Gasteiger partial charge in [-0.2, -0.15) is 0 Å². The van der Waals surface area contributed by atoms with E-state index in [-0.39, 0.29) is 12.4 Å². The Hall–Kier alpha value is -1.69. The summed E-state index contributed by atoms with van der Waals surface area (Å²) in [5.41, 5.74) is 5.49. The lowest BCUT2D eigenvalue weighted by Crippen LogP contribution is -2.23. The molecule has 0 saturated carbocycles. The van der Waals surface area contributed by atoms with Crippen molar-refractivity contribution in [3.8, 4) is 0 Å². The van der Waals surface area contributed by atoms with Crippen LogP contribution in [-0.2, 0) is 11.3 Å². The molecule has 0 saturated heterocycles. The molecule has 82 valence electrons. The summed E-state index contributed by atoms with van der Waals surface area (Å²) in [6.07, 6.45) is 1.90. The minimum atomic E-state index is -0.802. The number of hydrogen-bond acceptors (Lipinski definition) is 4. The number of nitrogens with two attached hydrogens (primary N) is 1. The van der Waals surface area contributed by atoms with Gasteiger partial charge in [0.05, 0.1) is 6.20 Å². The minimum Gasteiger partial charge on any atom is -0.448 e. The third-order valence-electron chi connectivity index (χ3n) is 1.61. The van der Waals surface area contributed by atoms with Crippen LogP contribution in [0.4, 0.5) is 9.18 Å². The number of pyridine rings is 1. The number of ether oxygens (including phenoxy) is 1. The predicted octanol–water partition coefficient (Wildman–Crippen LogP) is 0.406. The number of primary amides is 1. The molecule has 0 aliphatic carbocycles. The Morgan fingerprint density at radius 3 is 3.07 bits per heavy atom. The zero-order chi connectivity index (χ0) is 11.1. The van der Waals surface area contributed by atoms with Crippen molar-refractivity contribution in [3.63, 3.8) is 0 Å².